The Labute approximate surface area is 194 Å². The van der Waals surface area contributed by atoms with E-state index in [2.05, 4.69) is 20.8 Å². The molecule has 3 rings (SSSR count). The van der Waals surface area contributed by atoms with E-state index in [0.29, 0.717) is 23.6 Å². The number of amidine groups is 1. The van der Waals surface area contributed by atoms with Crippen LogP contribution < -0.4 is 20.1 Å². The minimum absolute atomic E-state index is 0.168. The lowest BCUT2D eigenvalue weighted by Gasteiger charge is -2.11. The molecule has 1 fully saturated rings. The van der Waals surface area contributed by atoms with Crippen molar-refractivity contribution < 1.29 is 29.0 Å². The lowest BCUT2D eigenvalue weighted by Crippen LogP contribution is -2.28. The second-order valence-electron chi connectivity index (χ2n) is 6.80. The third kappa shape index (κ3) is 7.35. The highest BCUT2D eigenvalue weighted by molar-refractivity contribution is 8.15. The van der Waals surface area contributed by atoms with E-state index in [9.17, 15) is 14.4 Å². The molecule has 0 radical (unpaired) electrons. The second-order valence-corrected chi connectivity index (χ2v) is 8.00. The maximum Gasteiger partial charge on any atom is 0.305 e. The monoisotopic (exact) mass is 470 g/mol. The first-order chi connectivity index (χ1) is 15.9. The van der Waals surface area contributed by atoms with Gasteiger partial charge in [0.2, 0.25) is 5.91 Å². The number of carbonyl (C=O) groups is 3. The lowest BCUT2D eigenvalue weighted by atomic mass is 10.2. The first-order valence-corrected chi connectivity index (χ1v) is 10.7. The van der Waals surface area contributed by atoms with Crippen molar-refractivity contribution in [2.24, 2.45) is 10.2 Å². The molecule has 11 heteroatoms. The van der Waals surface area contributed by atoms with Crippen molar-refractivity contribution in [3.05, 3.63) is 59.7 Å². The number of hydrogen-bond donors (Lipinski definition) is 3. The Morgan fingerprint density at radius 3 is 2.73 bits per heavy atom. The van der Waals surface area contributed by atoms with E-state index >= 15 is 0 Å². The summed E-state index contributed by atoms with van der Waals surface area (Å²) in [5.74, 6) is -0.930. The van der Waals surface area contributed by atoms with Gasteiger partial charge in [-0.3, -0.25) is 14.4 Å². The molecule has 1 aliphatic rings. The molecule has 1 atom stereocenters. The highest BCUT2D eigenvalue weighted by Gasteiger charge is 2.32. The number of ether oxygens (including phenoxy) is 2. The summed E-state index contributed by atoms with van der Waals surface area (Å²) in [5, 5.41) is 21.4. The van der Waals surface area contributed by atoms with Crippen LogP contribution in [0.3, 0.4) is 0 Å². The van der Waals surface area contributed by atoms with Gasteiger partial charge in [-0.25, -0.2) is 0 Å². The second kappa shape index (κ2) is 11.7. The first kappa shape index (κ1) is 23.8. The Bertz CT molecular complexity index is 1070. The van der Waals surface area contributed by atoms with Crippen LogP contribution in [0.2, 0.25) is 0 Å². The molecule has 1 saturated heterocycles. The summed E-state index contributed by atoms with van der Waals surface area (Å²) in [7, 11) is 1.48. The molecular weight excluding hydrogens is 448 g/mol. The van der Waals surface area contributed by atoms with Crippen LogP contribution in [0.5, 0.6) is 11.5 Å². The highest BCUT2D eigenvalue weighted by Crippen LogP contribution is 2.27. The molecule has 1 unspecified atom stereocenters. The highest BCUT2D eigenvalue weighted by atomic mass is 32.2. The minimum Gasteiger partial charge on any atom is -0.493 e. The van der Waals surface area contributed by atoms with Gasteiger partial charge >= 0.3 is 5.97 Å². The number of aliphatic carboxylic acids is 1. The average Bonchev–Trinajstić information content (AvgIpc) is 3.15. The van der Waals surface area contributed by atoms with E-state index < -0.39 is 17.1 Å². The number of benzene rings is 2. The van der Waals surface area contributed by atoms with Crippen LogP contribution >= 0.6 is 11.8 Å². The van der Waals surface area contributed by atoms with Crippen LogP contribution in [0.1, 0.15) is 17.5 Å². The third-order valence-corrected chi connectivity index (χ3v) is 5.44. The molecule has 1 aliphatic heterocycles. The summed E-state index contributed by atoms with van der Waals surface area (Å²) in [6.45, 7) is 0.243. The van der Waals surface area contributed by atoms with Crippen LogP contribution in [0.25, 0.3) is 0 Å². The molecule has 3 N–H and O–H groups in total. The summed E-state index contributed by atoms with van der Waals surface area (Å²) in [5.41, 5.74) is 1.64. The van der Waals surface area contributed by atoms with Crippen LogP contribution in [0.15, 0.2) is 58.7 Å². The molecule has 33 heavy (non-hydrogen) atoms. The van der Waals surface area contributed by atoms with E-state index in [1.54, 1.807) is 18.2 Å². The number of carbonyl (C=O) groups excluding carboxylic acids is 2. The topological polar surface area (TPSA) is 139 Å². The Hall–Kier alpha value is -3.86. The fraction of sp³-hybridized carbons (Fsp3) is 0.227. The quantitative estimate of drug-likeness (QED) is 0.355. The van der Waals surface area contributed by atoms with Crippen LogP contribution in [0, 0.1) is 0 Å². The largest absolute Gasteiger partial charge is 0.493 e. The maximum atomic E-state index is 12.1. The molecule has 0 bridgehead atoms. The number of thioether (sulfide) groups is 1. The van der Waals surface area contributed by atoms with E-state index in [4.69, 9.17) is 14.6 Å². The molecule has 2 aromatic carbocycles. The molecule has 0 aliphatic carbocycles. The average molecular weight is 471 g/mol. The standard InChI is InChI=1S/C22H22N4O6S/c1-31-17-9-15(12-24-26-22-25-21(30)18(33-22)10-20(28)29)7-8-16(17)32-13-19(27)23-11-14-5-3-2-4-6-14/h2-9,12,18H,10-11,13H2,1H3,(H,23,27)(H,28,29)(H,25,26,30). The van der Waals surface area contributed by atoms with Gasteiger partial charge in [-0.15, -0.1) is 5.10 Å². The Morgan fingerprint density at radius 2 is 2.00 bits per heavy atom. The summed E-state index contributed by atoms with van der Waals surface area (Å²) >= 11 is 1.02. The van der Waals surface area contributed by atoms with Crippen molar-refractivity contribution in [1.82, 2.24) is 10.6 Å². The molecule has 10 nitrogen and oxygen atoms in total. The maximum absolute atomic E-state index is 12.1. The van der Waals surface area contributed by atoms with Gasteiger partial charge in [-0.2, -0.15) is 5.10 Å². The number of methoxy groups -OCH3 is 1. The molecule has 0 spiro atoms. The van der Waals surface area contributed by atoms with Crippen LogP contribution in [-0.2, 0) is 20.9 Å². The summed E-state index contributed by atoms with van der Waals surface area (Å²) in [6, 6.07) is 14.6. The minimum atomic E-state index is -1.06. The van der Waals surface area contributed by atoms with Crippen LogP contribution in [0.4, 0.5) is 0 Å². The van der Waals surface area contributed by atoms with Crippen molar-refractivity contribution in [3.8, 4) is 11.5 Å². The smallest absolute Gasteiger partial charge is 0.305 e. The molecule has 0 aromatic heterocycles. The zero-order valence-electron chi connectivity index (χ0n) is 17.7. The van der Waals surface area contributed by atoms with E-state index in [1.165, 1.54) is 13.3 Å². The third-order valence-electron chi connectivity index (χ3n) is 4.37. The number of hydrogen-bond acceptors (Lipinski definition) is 8. The number of nitrogens with zero attached hydrogens (tertiary/aromatic N) is 2. The summed E-state index contributed by atoms with van der Waals surface area (Å²) < 4.78 is 10.9. The fourth-order valence-corrected chi connectivity index (χ4v) is 3.68. The predicted molar refractivity (Wildman–Crippen MR) is 124 cm³/mol. The van der Waals surface area contributed by atoms with Crippen molar-refractivity contribution >= 4 is 40.9 Å². The van der Waals surface area contributed by atoms with E-state index in [-0.39, 0.29) is 24.1 Å². The van der Waals surface area contributed by atoms with Gasteiger partial charge < -0.3 is 25.2 Å². The van der Waals surface area contributed by atoms with Gasteiger partial charge in [0, 0.05) is 6.54 Å². The van der Waals surface area contributed by atoms with Crippen molar-refractivity contribution in [2.45, 2.75) is 18.2 Å². The van der Waals surface area contributed by atoms with Gasteiger partial charge in [-0.1, -0.05) is 42.1 Å². The summed E-state index contributed by atoms with van der Waals surface area (Å²) in [4.78, 5) is 34.5. The zero-order chi connectivity index (χ0) is 23.6. The van der Waals surface area contributed by atoms with E-state index in [1.807, 2.05) is 30.3 Å². The van der Waals surface area contributed by atoms with Gasteiger partial charge in [0.1, 0.15) is 5.25 Å². The van der Waals surface area contributed by atoms with Crippen molar-refractivity contribution in [3.63, 3.8) is 0 Å². The summed E-state index contributed by atoms with van der Waals surface area (Å²) in [6.07, 6.45) is 1.16. The Kier molecular flexibility index (Phi) is 8.42. The molecule has 172 valence electrons. The first-order valence-electron chi connectivity index (χ1n) is 9.86. The number of amides is 2. The number of rotatable bonds is 10. The number of carboxylic acid groups (broad SMARTS) is 1. The molecule has 2 aromatic rings. The van der Waals surface area contributed by atoms with Gasteiger partial charge in [-0.05, 0) is 29.3 Å². The zero-order valence-corrected chi connectivity index (χ0v) is 18.5. The predicted octanol–water partition coefficient (Wildman–Crippen LogP) is 1.79. The van der Waals surface area contributed by atoms with Gasteiger partial charge in [0.15, 0.2) is 23.3 Å². The number of carboxylic acids is 1. The molecule has 0 saturated carbocycles. The molecule has 1 heterocycles. The molecule has 2 amide bonds. The van der Waals surface area contributed by atoms with Crippen molar-refractivity contribution in [1.29, 1.82) is 0 Å². The van der Waals surface area contributed by atoms with E-state index in [0.717, 1.165) is 17.3 Å². The Morgan fingerprint density at radius 1 is 1.21 bits per heavy atom. The van der Waals surface area contributed by atoms with Crippen molar-refractivity contribution in [2.75, 3.05) is 13.7 Å². The number of nitrogens with one attached hydrogen (secondary N) is 2. The van der Waals surface area contributed by atoms with Gasteiger partial charge in [0.25, 0.3) is 5.91 Å². The normalized spacial score (nSPS) is 16.6. The Balaban J connectivity index is 1.53. The van der Waals surface area contributed by atoms with Crippen LogP contribution in [-0.4, -0.2) is 53.2 Å². The molecular formula is C22H22N4O6S. The van der Waals surface area contributed by atoms with Gasteiger partial charge in [0.05, 0.1) is 19.7 Å². The fourth-order valence-electron chi connectivity index (χ4n) is 2.77. The lowest BCUT2D eigenvalue weighted by molar-refractivity contribution is -0.138. The SMILES string of the molecule is COc1cc(C=NN=C2NC(=O)C(CC(=O)O)S2)ccc1OCC(=O)NCc1ccccc1.